The van der Waals surface area contributed by atoms with E-state index in [1.165, 1.54) is 12.8 Å². The number of carbonyl (C=O) groups is 2. The highest BCUT2D eigenvalue weighted by atomic mass is 16.7. The minimum atomic E-state index is -0.367. The molecule has 5 heterocycles. The van der Waals surface area contributed by atoms with Crippen LogP contribution in [-0.4, -0.2) is 150 Å². The molecule has 0 aromatic rings. The third-order valence-corrected chi connectivity index (χ3v) is 10.4. The van der Waals surface area contributed by atoms with Crippen molar-refractivity contribution in [2.75, 3.05) is 105 Å². The first kappa shape index (κ1) is 36.2. The highest BCUT2D eigenvalue weighted by Crippen LogP contribution is 2.37. The third-order valence-electron chi connectivity index (χ3n) is 10.4. The summed E-state index contributed by atoms with van der Waals surface area (Å²) in [6.07, 6.45) is 11.0. The van der Waals surface area contributed by atoms with Crippen LogP contribution in [0.3, 0.4) is 0 Å². The summed E-state index contributed by atoms with van der Waals surface area (Å²) in [5.74, 6) is 0.218. The van der Waals surface area contributed by atoms with Gasteiger partial charge in [0.2, 0.25) is 0 Å². The Balaban J connectivity index is 0.000000126. The van der Waals surface area contributed by atoms with Crippen LogP contribution in [0, 0.1) is 0 Å². The molecule has 2 spiro atoms. The van der Waals surface area contributed by atoms with Crippen molar-refractivity contribution in [3.8, 4) is 0 Å². The van der Waals surface area contributed by atoms with E-state index in [9.17, 15) is 9.59 Å². The van der Waals surface area contributed by atoms with Gasteiger partial charge in [-0.3, -0.25) is 19.4 Å². The van der Waals surface area contributed by atoms with Crippen molar-refractivity contribution in [2.24, 2.45) is 0 Å². The molecule has 0 aromatic heterocycles. The van der Waals surface area contributed by atoms with Crippen LogP contribution in [0.4, 0.5) is 0 Å². The van der Waals surface area contributed by atoms with E-state index in [1.54, 1.807) is 0 Å². The van der Waals surface area contributed by atoms with Crippen molar-refractivity contribution in [1.82, 2.24) is 15.1 Å². The molecule has 0 atom stereocenters. The van der Waals surface area contributed by atoms with E-state index < -0.39 is 0 Å². The third kappa shape index (κ3) is 11.5. The topological polar surface area (TPSA) is 117 Å². The number of rotatable bonds is 2. The van der Waals surface area contributed by atoms with E-state index in [0.29, 0.717) is 43.7 Å². The lowest BCUT2D eigenvalue weighted by Gasteiger charge is -2.41. The standard InChI is InChI=1S/C12H21NO3.C10H17NO2.C8H12O3.C4H9NO/c1-3-12(15-9-10-16-12)4-2-11(1)13-5-7-14-8-6-13;12-10-3-1-9(2-4-10)11-5-7-13-8-6-11;9-7-1-3-8(4-2-7)10-5-6-11-8;1-3-6-4-2-5-1/h11H,1-10H2;9H,1-8H2;1-6H2;5H,1-4H2. The molecular formula is C34H59N3O9. The summed E-state index contributed by atoms with van der Waals surface area (Å²) in [6, 6.07) is 1.38. The molecule has 264 valence electrons. The number of nitrogens with zero attached hydrogens (tertiary/aromatic N) is 2. The Kier molecular flexibility index (Phi) is 15.1. The minimum Gasteiger partial charge on any atom is -0.379 e. The molecule has 3 aliphatic carbocycles. The number of ketones is 2. The fourth-order valence-electron chi connectivity index (χ4n) is 7.58. The van der Waals surface area contributed by atoms with Crippen molar-refractivity contribution in [1.29, 1.82) is 0 Å². The maximum atomic E-state index is 11.0. The van der Waals surface area contributed by atoms with Gasteiger partial charge >= 0.3 is 0 Å². The molecule has 0 amide bonds. The van der Waals surface area contributed by atoms with E-state index in [1.807, 2.05) is 0 Å². The van der Waals surface area contributed by atoms with Crippen molar-refractivity contribution in [3.63, 3.8) is 0 Å². The second-order valence-corrected chi connectivity index (χ2v) is 13.4. The van der Waals surface area contributed by atoms with Crippen molar-refractivity contribution >= 4 is 11.6 Å². The van der Waals surface area contributed by atoms with Gasteiger partial charge < -0.3 is 38.5 Å². The Morgan fingerprint density at radius 2 is 0.870 bits per heavy atom. The van der Waals surface area contributed by atoms with Crippen molar-refractivity contribution in [3.05, 3.63) is 0 Å². The summed E-state index contributed by atoms with van der Waals surface area (Å²) in [6.45, 7) is 14.6. The number of Topliss-reactive ketones (excluding diaryl/α,β-unsaturated/α-hetero) is 2. The second kappa shape index (κ2) is 19.2. The number of carbonyl (C=O) groups excluding carboxylic acids is 2. The summed E-state index contributed by atoms with van der Waals surface area (Å²) in [4.78, 5) is 27.0. The van der Waals surface area contributed by atoms with E-state index >= 15 is 0 Å². The Morgan fingerprint density at radius 1 is 0.478 bits per heavy atom. The molecule has 0 aromatic carbocycles. The van der Waals surface area contributed by atoms with Gasteiger partial charge in [-0.2, -0.15) is 0 Å². The number of morpholine rings is 3. The molecule has 8 rings (SSSR count). The van der Waals surface area contributed by atoms with Gasteiger partial charge in [0, 0.05) is 103 Å². The zero-order valence-corrected chi connectivity index (χ0v) is 28.0. The van der Waals surface area contributed by atoms with Crippen LogP contribution in [-0.2, 0) is 42.7 Å². The van der Waals surface area contributed by atoms with E-state index in [2.05, 4.69) is 15.1 Å². The van der Waals surface area contributed by atoms with Crippen LogP contribution < -0.4 is 5.32 Å². The highest BCUT2D eigenvalue weighted by Gasteiger charge is 2.42. The highest BCUT2D eigenvalue weighted by molar-refractivity contribution is 5.79. The van der Waals surface area contributed by atoms with Gasteiger partial charge in [-0.1, -0.05) is 0 Å². The first-order valence-corrected chi connectivity index (χ1v) is 18.1. The van der Waals surface area contributed by atoms with E-state index in [-0.39, 0.29) is 11.6 Å². The lowest BCUT2D eigenvalue weighted by molar-refractivity contribution is -0.185. The lowest BCUT2D eigenvalue weighted by atomic mass is 9.89. The zero-order valence-electron chi connectivity index (χ0n) is 28.0. The van der Waals surface area contributed by atoms with Gasteiger partial charge in [-0.15, -0.1) is 0 Å². The lowest BCUT2D eigenvalue weighted by Crippen LogP contribution is -2.48. The number of nitrogens with one attached hydrogen (secondary N) is 1. The molecule has 12 heteroatoms. The molecule has 1 N–H and O–H groups in total. The fraction of sp³-hybridized carbons (Fsp3) is 0.941. The van der Waals surface area contributed by atoms with Gasteiger partial charge in [0.15, 0.2) is 11.6 Å². The molecule has 8 fully saturated rings. The Labute approximate surface area is 275 Å². The number of ether oxygens (including phenoxy) is 7. The average Bonchev–Trinajstić information content (AvgIpc) is 3.79. The Morgan fingerprint density at radius 3 is 1.28 bits per heavy atom. The molecule has 0 unspecified atom stereocenters. The van der Waals surface area contributed by atoms with Crippen molar-refractivity contribution < 1.29 is 42.7 Å². The maximum absolute atomic E-state index is 11.0. The van der Waals surface area contributed by atoms with E-state index in [0.717, 1.165) is 150 Å². The van der Waals surface area contributed by atoms with Gasteiger partial charge in [0.05, 0.1) is 66.1 Å². The molecule has 3 saturated carbocycles. The minimum absolute atomic E-state index is 0.206. The number of hydrogen-bond donors (Lipinski definition) is 1. The summed E-state index contributed by atoms with van der Waals surface area (Å²) >= 11 is 0. The monoisotopic (exact) mass is 653 g/mol. The largest absolute Gasteiger partial charge is 0.379 e. The summed E-state index contributed by atoms with van der Waals surface area (Å²) < 4.78 is 38.1. The van der Waals surface area contributed by atoms with Gasteiger partial charge in [0.1, 0.15) is 11.6 Å². The first-order chi connectivity index (χ1) is 22.5. The summed E-state index contributed by atoms with van der Waals surface area (Å²) in [5.41, 5.74) is 0. The first-order valence-electron chi connectivity index (χ1n) is 18.1. The molecule has 46 heavy (non-hydrogen) atoms. The van der Waals surface area contributed by atoms with Crippen LogP contribution >= 0.6 is 0 Å². The molecule has 0 bridgehead atoms. The van der Waals surface area contributed by atoms with Gasteiger partial charge in [0.25, 0.3) is 0 Å². The summed E-state index contributed by atoms with van der Waals surface area (Å²) in [7, 11) is 0. The van der Waals surface area contributed by atoms with E-state index in [4.69, 9.17) is 33.2 Å². The molecular weight excluding hydrogens is 594 g/mol. The van der Waals surface area contributed by atoms with Crippen LogP contribution in [0.1, 0.15) is 77.0 Å². The Hall–Kier alpha value is -1.06. The average molecular weight is 654 g/mol. The predicted molar refractivity (Wildman–Crippen MR) is 171 cm³/mol. The molecule has 8 aliphatic rings. The molecule has 12 nitrogen and oxygen atoms in total. The SMILES string of the molecule is C1CN(C2CCC3(CC2)OCCO3)CCO1.C1COCCN1.O=C1CCC(N2CCOCC2)CC1.O=C1CCC2(CC1)OCCO2. The van der Waals surface area contributed by atoms with Gasteiger partial charge in [-0.05, 0) is 25.7 Å². The summed E-state index contributed by atoms with van der Waals surface area (Å²) in [5, 5.41) is 3.16. The molecule has 0 radical (unpaired) electrons. The quantitative estimate of drug-likeness (QED) is 0.472. The Bertz CT molecular complexity index is 853. The van der Waals surface area contributed by atoms with Crippen molar-refractivity contribution in [2.45, 2.75) is 101 Å². The smallest absolute Gasteiger partial charge is 0.169 e. The van der Waals surface area contributed by atoms with Crippen LogP contribution in [0.15, 0.2) is 0 Å². The normalized spacial score (nSPS) is 29.3. The maximum Gasteiger partial charge on any atom is 0.169 e. The second-order valence-electron chi connectivity index (χ2n) is 13.4. The van der Waals surface area contributed by atoms with Crippen LogP contribution in [0.25, 0.3) is 0 Å². The van der Waals surface area contributed by atoms with Gasteiger partial charge in [-0.25, -0.2) is 0 Å². The fourth-order valence-corrected chi connectivity index (χ4v) is 7.58. The molecule has 5 aliphatic heterocycles. The van der Waals surface area contributed by atoms with Crippen LogP contribution in [0.5, 0.6) is 0 Å². The molecule has 5 saturated heterocycles. The van der Waals surface area contributed by atoms with Crippen LogP contribution in [0.2, 0.25) is 0 Å². The number of hydrogen-bond acceptors (Lipinski definition) is 12. The zero-order chi connectivity index (χ0) is 31.9. The predicted octanol–water partition coefficient (Wildman–Crippen LogP) is 2.31.